The summed E-state index contributed by atoms with van der Waals surface area (Å²) in [5, 5.41) is 9.32. The van der Waals surface area contributed by atoms with Crippen molar-refractivity contribution in [2.45, 2.75) is 0 Å². The van der Waals surface area contributed by atoms with Crippen molar-refractivity contribution in [2.75, 3.05) is 0 Å². The smallest absolute Gasteiger partial charge is 0.341 e. The molecule has 0 fully saturated rings. The highest BCUT2D eigenvalue weighted by Gasteiger charge is 2.11. The normalized spacial score (nSPS) is 10.6. The molecule has 1 aromatic heterocycles. The SMILES string of the molecule is O=C(O)c1c[nH]c2cc(-c3ccccc3)ccc2c1=O. The summed E-state index contributed by atoms with van der Waals surface area (Å²) in [6.45, 7) is 0. The first-order valence-corrected chi connectivity index (χ1v) is 6.11. The Balaban J connectivity index is 2.22. The van der Waals surface area contributed by atoms with Crippen LogP contribution in [-0.2, 0) is 0 Å². The van der Waals surface area contributed by atoms with Crippen molar-refractivity contribution in [1.29, 1.82) is 0 Å². The number of hydrogen-bond donors (Lipinski definition) is 2. The highest BCUT2D eigenvalue weighted by molar-refractivity contribution is 5.93. The minimum atomic E-state index is -1.22. The van der Waals surface area contributed by atoms with Gasteiger partial charge in [-0.2, -0.15) is 0 Å². The number of fused-ring (bicyclic) bond motifs is 1. The van der Waals surface area contributed by atoms with E-state index < -0.39 is 11.4 Å². The van der Waals surface area contributed by atoms with Gasteiger partial charge in [0.1, 0.15) is 5.56 Å². The number of carboxylic acids is 1. The zero-order chi connectivity index (χ0) is 14.1. The molecule has 2 aromatic carbocycles. The molecule has 0 radical (unpaired) electrons. The number of hydrogen-bond acceptors (Lipinski definition) is 2. The number of H-pyrrole nitrogens is 1. The van der Waals surface area contributed by atoms with E-state index in [9.17, 15) is 9.59 Å². The lowest BCUT2D eigenvalue weighted by Crippen LogP contribution is -2.15. The first-order chi connectivity index (χ1) is 9.66. The second-order valence-electron chi connectivity index (χ2n) is 4.46. The third-order valence-corrected chi connectivity index (χ3v) is 3.22. The van der Waals surface area contributed by atoms with Crippen molar-refractivity contribution in [3.63, 3.8) is 0 Å². The Morgan fingerprint density at radius 1 is 1.00 bits per heavy atom. The fourth-order valence-electron chi connectivity index (χ4n) is 2.19. The average molecular weight is 265 g/mol. The third-order valence-electron chi connectivity index (χ3n) is 3.22. The van der Waals surface area contributed by atoms with Gasteiger partial charge in [-0.3, -0.25) is 4.79 Å². The molecule has 2 N–H and O–H groups in total. The van der Waals surface area contributed by atoms with Gasteiger partial charge in [0.05, 0.1) is 0 Å². The van der Waals surface area contributed by atoms with Crippen LogP contribution in [0.3, 0.4) is 0 Å². The number of carboxylic acid groups (broad SMARTS) is 1. The van der Waals surface area contributed by atoms with Crippen LogP contribution < -0.4 is 5.43 Å². The number of aromatic nitrogens is 1. The molecule has 0 bridgehead atoms. The molecule has 0 spiro atoms. The third kappa shape index (κ3) is 1.97. The number of carbonyl (C=O) groups is 1. The molecule has 0 saturated heterocycles. The molecule has 0 atom stereocenters. The van der Waals surface area contributed by atoms with Crippen LogP contribution in [0.1, 0.15) is 10.4 Å². The van der Waals surface area contributed by atoms with Crippen LogP contribution >= 0.6 is 0 Å². The number of rotatable bonds is 2. The number of nitrogens with one attached hydrogen (secondary N) is 1. The van der Waals surface area contributed by atoms with Gasteiger partial charge in [-0.25, -0.2) is 4.79 Å². The maximum absolute atomic E-state index is 12.0. The Labute approximate surface area is 114 Å². The summed E-state index contributed by atoms with van der Waals surface area (Å²) in [6.07, 6.45) is 1.24. The molecule has 0 aliphatic heterocycles. The number of benzene rings is 2. The van der Waals surface area contributed by atoms with Gasteiger partial charge in [0, 0.05) is 17.1 Å². The van der Waals surface area contributed by atoms with Gasteiger partial charge in [0.15, 0.2) is 0 Å². The fraction of sp³-hybridized carbons (Fsp3) is 0. The lowest BCUT2D eigenvalue weighted by molar-refractivity contribution is 0.0695. The maximum atomic E-state index is 12.0. The second-order valence-corrected chi connectivity index (χ2v) is 4.46. The van der Waals surface area contributed by atoms with Gasteiger partial charge in [0.2, 0.25) is 5.43 Å². The summed E-state index contributed by atoms with van der Waals surface area (Å²) in [4.78, 5) is 25.8. The van der Waals surface area contributed by atoms with Gasteiger partial charge in [-0.05, 0) is 23.3 Å². The molecule has 4 nitrogen and oxygen atoms in total. The zero-order valence-corrected chi connectivity index (χ0v) is 10.5. The van der Waals surface area contributed by atoms with Gasteiger partial charge < -0.3 is 10.1 Å². The first-order valence-electron chi connectivity index (χ1n) is 6.11. The van der Waals surface area contributed by atoms with Crippen LogP contribution in [0.2, 0.25) is 0 Å². The zero-order valence-electron chi connectivity index (χ0n) is 10.5. The minimum absolute atomic E-state index is 0.245. The topological polar surface area (TPSA) is 70.2 Å². The summed E-state index contributed by atoms with van der Waals surface area (Å²) >= 11 is 0. The van der Waals surface area contributed by atoms with E-state index >= 15 is 0 Å². The standard InChI is InChI=1S/C16H11NO3/c18-15-12-7-6-11(10-4-2-1-3-5-10)8-14(12)17-9-13(15)16(19)20/h1-9H,(H,17,18)(H,19,20). The Morgan fingerprint density at radius 2 is 1.75 bits per heavy atom. The Morgan fingerprint density at radius 3 is 2.45 bits per heavy atom. The van der Waals surface area contributed by atoms with E-state index in [0.717, 1.165) is 11.1 Å². The van der Waals surface area contributed by atoms with Crippen LogP contribution in [0.4, 0.5) is 0 Å². The molecule has 0 amide bonds. The van der Waals surface area contributed by atoms with Crippen molar-refractivity contribution >= 4 is 16.9 Å². The van der Waals surface area contributed by atoms with E-state index in [2.05, 4.69) is 4.98 Å². The van der Waals surface area contributed by atoms with E-state index in [1.165, 1.54) is 6.20 Å². The second kappa shape index (κ2) is 4.66. The molecule has 0 aliphatic rings. The Bertz CT molecular complexity index is 850. The van der Waals surface area contributed by atoms with Crippen molar-refractivity contribution in [1.82, 2.24) is 4.98 Å². The van der Waals surface area contributed by atoms with Gasteiger partial charge in [-0.15, -0.1) is 0 Å². The summed E-state index contributed by atoms with van der Waals surface area (Å²) in [6, 6.07) is 15.1. The van der Waals surface area contributed by atoms with Crippen molar-refractivity contribution in [2.24, 2.45) is 0 Å². The first kappa shape index (κ1) is 12.2. The number of pyridine rings is 1. The van der Waals surface area contributed by atoms with Gasteiger partial charge in [-0.1, -0.05) is 36.4 Å². The van der Waals surface area contributed by atoms with Gasteiger partial charge >= 0.3 is 5.97 Å². The molecule has 98 valence electrons. The van der Waals surface area contributed by atoms with E-state index in [1.54, 1.807) is 6.07 Å². The predicted molar refractivity (Wildman–Crippen MR) is 77.0 cm³/mol. The predicted octanol–water partition coefficient (Wildman–Crippen LogP) is 2.89. The van der Waals surface area contributed by atoms with E-state index in [-0.39, 0.29) is 5.56 Å². The van der Waals surface area contributed by atoms with Crippen molar-refractivity contribution < 1.29 is 9.90 Å². The monoisotopic (exact) mass is 265 g/mol. The summed E-state index contributed by atoms with van der Waals surface area (Å²) in [5.41, 5.74) is 1.92. The van der Waals surface area contributed by atoms with E-state index in [1.807, 2.05) is 42.5 Å². The van der Waals surface area contributed by atoms with Crippen molar-refractivity contribution in [3.05, 3.63) is 70.5 Å². The van der Waals surface area contributed by atoms with Crippen molar-refractivity contribution in [3.8, 4) is 11.1 Å². The van der Waals surface area contributed by atoms with Crippen LogP contribution in [0.15, 0.2) is 59.5 Å². The molecular formula is C16H11NO3. The molecule has 4 heteroatoms. The van der Waals surface area contributed by atoms with E-state index in [0.29, 0.717) is 10.9 Å². The summed E-state index contributed by atoms with van der Waals surface area (Å²) in [7, 11) is 0. The molecular weight excluding hydrogens is 254 g/mol. The molecule has 0 unspecified atom stereocenters. The van der Waals surface area contributed by atoms with E-state index in [4.69, 9.17) is 5.11 Å². The Kier molecular flexibility index (Phi) is 2.84. The molecule has 0 aliphatic carbocycles. The molecule has 3 aromatic rings. The Hall–Kier alpha value is -2.88. The summed E-state index contributed by atoms with van der Waals surface area (Å²) in [5.74, 6) is -1.22. The molecule has 1 heterocycles. The van der Waals surface area contributed by atoms with Crippen LogP contribution in [0.5, 0.6) is 0 Å². The maximum Gasteiger partial charge on any atom is 0.341 e. The molecule has 0 saturated carbocycles. The number of aromatic amines is 1. The highest BCUT2D eigenvalue weighted by Crippen LogP contribution is 2.22. The quantitative estimate of drug-likeness (QED) is 0.748. The average Bonchev–Trinajstić information content (AvgIpc) is 2.48. The molecule has 3 rings (SSSR count). The van der Waals surface area contributed by atoms with Crippen LogP contribution in [-0.4, -0.2) is 16.1 Å². The lowest BCUT2D eigenvalue weighted by Gasteiger charge is -2.04. The van der Waals surface area contributed by atoms with Crippen LogP contribution in [0, 0.1) is 0 Å². The molecule has 20 heavy (non-hydrogen) atoms. The largest absolute Gasteiger partial charge is 0.477 e. The highest BCUT2D eigenvalue weighted by atomic mass is 16.4. The summed E-state index contributed by atoms with van der Waals surface area (Å²) < 4.78 is 0. The lowest BCUT2D eigenvalue weighted by atomic mass is 10.0. The number of aromatic carboxylic acids is 1. The van der Waals surface area contributed by atoms with Crippen LogP contribution in [0.25, 0.3) is 22.0 Å². The minimum Gasteiger partial charge on any atom is -0.477 e. The fourth-order valence-corrected chi connectivity index (χ4v) is 2.19. The van der Waals surface area contributed by atoms with Gasteiger partial charge in [0.25, 0.3) is 0 Å².